The fourth-order valence-corrected chi connectivity index (χ4v) is 1.50. The van der Waals surface area contributed by atoms with Crippen molar-refractivity contribution in [2.45, 2.75) is 47.5 Å². The quantitative estimate of drug-likeness (QED) is 0.538. The molecule has 3 unspecified atom stereocenters. The lowest BCUT2D eigenvalue weighted by Crippen LogP contribution is -2.15. The van der Waals surface area contributed by atoms with Crippen molar-refractivity contribution in [3.05, 3.63) is 12.2 Å². The largest absolute Gasteiger partial charge is 0.0917 e. The highest BCUT2D eigenvalue weighted by atomic mass is 14.2. The van der Waals surface area contributed by atoms with Gasteiger partial charge in [-0.3, -0.25) is 0 Å². The Morgan fingerprint density at radius 2 is 1.67 bits per heavy atom. The van der Waals surface area contributed by atoms with Crippen LogP contribution in [0.2, 0.25) is 0 Å². The summed E-state index contributed by atoms with van der Waals surface area (Å²) >= 11 is 0. The molecule has 0 radical (unpaired) electrons. The highest BCUT2D eigenvalue weighted by Crippen LogP contribution is 2.25. The van der Waals surface area contributed by atoms with Gasteiger partial charge in [-0.15, -0.1) is 0 Å². The van der Waals surface area contributed by atoms with E-state index in [0.29, 0.717) is 0 Å². The Kier molecular flexibility index (Phi) is 6.14. The molecule has 72 valence electrons. The molecule has 0 heterocycles. The summed E-state index contributed by atoms with van der Waals surface area (Å²) in [4.78, 5) is 0. The van der Waals surface area contributed by atoms with Gasteiger partial charge in [0.25, 0.3) is 0 Å². The maximum atomic E-state index is 2.38. The van der Waals surface area contributed by atoms with Crippen molar-refractivity contribution in [2.24, 2.45) is 17.8 Å². The van der Waals surface area contributed by atoms with Crippen LogP contribution in [-0.4, -0.2) is 0 Å². The van der Waals surface area contributed by atoms with E-state index in [9.17, 15) is 0 Å². The Balaban J connectivity index is 3.82. The Morgan fingerprint density at radius 3 is 2.08 bits per heavy atom. The van der Waals surface area contributed by atoms with Crippen molar-refractivity contribution in [3.8, 4) is 0 Å². The number of hydrogen-bond donors (Lipinski definition) is 0. The van der Waals surface area contributed by atoms with Gasteiger partial charge in [-0.2, -0.15) is 0 Å². The van der Waals surface area contributed by atoms with Gasteiger partial charge in [0.15, 0.2) is 0 Å². The third kappa shape index (κ3) is 3.94. The first-order chi connectivity index (χ1) is 5.63. The Labute approximate surface area is 78.1 Å². The molecule has 0 nitrogen and oxygen atoms in total. The van der Waals surface area contributed by atoms with E-state index >= 15 is 0 Å². The second-order valence-electron chi connectivity index (χ2n) is 4.03. The summed E-state index contributed by atoms with van der Waals surface area (Å²) in [6.07, 6.45) is 6.98. The van der Waals surface area contributed by atoms with Crippen LogP contribution < -0.4 is 0 Å². The van der Waals surface area contributed by atoms with E-state index < -0.39 is 0 Å². The number of rotatable bonds is 5. The lowest BCUT2D eigenvalue weighted by molar-refractivity contribution is 0.274. The molecule has 0 aromatic heterocycles. The van der Waals surface area contributed by atoms with Gasteiger partial charge in [0.05, 0.1) is 0 Å². The van der Waals surface area contributed by atoms with Gasteiger partial charge in [-0.25, -0.2) is 0 Å². The summed E-state index contributed by atoms with van der Waals surface area (Å²) in [6.45, 7) is 11.5. The molecule has 12 heavy (non-hydrogen) atoms. The van der Waals surface area contributed by atoms with E-state index in [0.717, 1.165) is 17.8 Å². The SMILES string of the molecule is CC=CCC(C)C(C)C(C)CC. The maximum Gasteiger partial charge on any atom is -0.0322 e. The zero-order valence-corrected chi connectivity index (χ0v) is 9.30. The maximum absolute atomic E-state index is 2.38. The molecule has 0 bridgehead atoms. The fraction of sp³-hybridized carbons (Fsp3) is 0.833. The molecule has 0 aromatic rings. The molecular weight excluding hydrogens is 144 g/mol. The van der Waals surface area contributed by atoms with E-state index in [-0.39, 0.29) is 0 Å². The number of hydrogen-bond acceptors (Lipinski definition) is 0. The van der Waals surface area contributed by atoms with Gasteiger partial charge in [-0.1, -0.05) is 46.3 Å². The summed E-state index contributed by atoms with van der Waals surface area (Å²) in [5.74, 6) is 2.55. The van der Waals surface area contributed by atoms with Crippen molar-refractivity contribution in [1.82, 2.24) is 0 Å². The minimum atomic E-state index is 0.830. The number of allylic oxidation sites excluding steroid dienone is 2. The Morgan fingerprint density at radius 1 is 1.08 bits per heavy atom. The first-order valence-corrected chi connectivity index (χ1v) is 5.24. The second kappa shape index (κ2) is 6.28. The molecule has 0 aromatic carbocycles. The van der Waals surface area contributed by atoms with Crippen molar-refractivity contribution in [2.75, 3.05) is 0 Å². The smallest absolute Gasteiger partial charge is 0.0322 e. The van der Waals surface area contributed by atoms with E-state index in [1.807, 2.05) is 0 Å². The summed E-state index contributed by atoms with van der Waals surface area (Å²) in [5, 5.41) is 0. The molecule has 0 fully saturated rings. The zero-order chi connectivity index (χ0) is 9.56. The first kappa shape index (κ1) is 11.7. The van der Waals surface area contributed by atoms with Crippen LogP contribution in [-0.2, 0) is 0 Å². The fourth-order valence-electron chi connectivity index (χ4n) is 1.50. The minimum absolute atomic E-state index is 0.830. The molecule has 3 atom stereocenters. The average Bonchev–Trinajstić information content (AvgIpc) is 2.11. The molecule has 0 aliphatic rings. The van der Waals surface area contributed by atoms with Crippen LogP contribution in [0.15, 0.2) is 12.2 Å². The molecule has 0 amide bonds. The van der Waals surface area contributed by atoms with Gasteiger partial charge in [0.1, 0.15) is 0 Å². The van der Waals surface area contributed by atoms with Crippen LogP contribution in [0.4, 0.5) is 0 Å². The van der Waals surface area contributed by atoms with Crippen LogP contribution >= 0.6 is 0 Å². The molecule has 0 heteroatoms. The predicted octanol–water partition coefficient (Wildman–Crippen LogP) is 4.27. The van der Waals surface area contributed by atoms with Crippen molar-refractivity contribution in [1.29, 1.82) is 0 Å². The molecule has 0 aliphatic heterocycles. The lowest BCUT2D eigenvalue weighted by atomic mass is 9.82. The third-order valence-corrected chi connectivity index (χ3v) is 3.18. The average molecular weight is 168 g/mol. The van der Waals surface area contributed by atoms with Crippen LogP contribution in [0.25, 0.3) is 0 Å². The Bertz CT molecular complexity index is 124. The molecule has 0 saturated heterocycles. The van der Waals surface area contributed by atoms with Crippen LogP contribution in [0.3, 0.4) is 0 Å². The van der Waals surface area contributed by atoms with E-state index in [2.05, 4.69) is 46.8 Å². The molecular formula is C12H24. The lowest BCUT2D eigenvalue weighted by Gasteiger charge is -2.24. The standard InChI is InChI=1S/C12H24/c1-6-8-9-11(4)12(5)10(3)7-2/h6,8,10-12H,7,9H2,1-5H3. The summed E-state index contributed by atoms with van der Waals surface area (Å²) in [5.41, 5.74) is 0. The predicted molar refractivity (Wildman–Crippen MR) is 57.2 cm³/mol. The molecule has 0 spiro atoms. The van der Waals surface area contributed by atoms with Crippen molar-refractivity contribution in [3.63, 3.8) is 0 Å². The van der Waals surface area contributed by atoms with Gasteiger partial charge in [-0.05, 0) is 31.1 Å². The summed E-state index contributed by atoms with van der Waals surface area (Å²) in [7, 11) is 0. The molecule has 0 N–H and O–H groups in total. The summed E-state index contributed by atoms with van der Waals surface area (Å²) < 4.78 is 0. The minimum Gasteiger partial charge on any atom is -0.0917 e. The van der Waals surface area contributed by atoms with Crippen LogP contribution in [0.5, 0.6) is 0 Å². The van der Waals surface area contributed by atoms with Gasteiger partial charge in [0, 0.05) is 0 Å². The van der Waals surface area contributed by atoms with E-state index in [4.69, 9.17) is 0 Å². The second-order valence-corrected chi connectivity index (χ2v) is 4.03. The highest BCUT2D eigenvalue weighted by molar-refractivity contribution is 4.81. The molecule has 0 saturated carbocycles. The summed E-state index contributed by atoms with van der Waals surface area (Å²) in [6, 6.07) is 0. The van der Waals surface area contributed by atoms with Gasteiger partial charge < -0.3 is 0 Å². The highest BCUT2D eigenvalue weighted by Gasteiger charge is 2.15. The van der Waals surface area contributed by atoms with E-state index in [1.165, 1.54) is 12.8 Å². The van der Waals surface area contributed by atoms with Crippen molar-refractivity contribution < 1.29 is 0 Å². The zero-order valence-electron chi connectivity index (χ0n) is 9.30. The molecule has 0 aliphatic carbocycles. The van der Waals surface area contributed by atoms with Gasteiger partial charge in [0.2, 0.25) is 0 Å². The van der Waals surface area contributed by atoms with Crippen molar-refractivity contribution >= 4 is 0 Å². The first-order valence-electron chi connectivity index (χ1n) is 5.24. The monoisotopic (exact) mass is 168 g/mol. The topological polar surface area (TPSA) is 0 Å². The van der Waals surface area contributed by atoms with E-state index in [1.54, 1.807) is 0 Å². The normalized spacial score (nSPS) is 19.4. The third-order valence-electron chi connectivity index (χ3n) is 3.18. The van der Waals surface area contributed by atoms with Crippen LogP contribution in [0.1, 0.15) is 47.5 Å². The Hall–Kier alpha value is -0.260. The van der Waals surface area contributed by atoms with Gasteiger partial charge >= 0.3 is 0 Å². The molecule has 0 rings (SSSR count). The van der Waals surface area contributed by atoms with Crippen LogP contribution in [0, 0.1) is 17.8 Å².